The Hall–Kier alpha value is -3.13. The van der Waals surface area contributed by atoms with E-state index >= 15 is 0 Å². The summed E-state index contributed by atoms with van der Waals surface area (Å²) in [6.45, 7) is 5.52. The Balaban J connectivity index is 1.61. The Morgan fingerprint density at radius 1 is 1.04 bits per heavy atom. The van der Waals surface area contributed by atoms with Gasteiger partial charge >= 0.3 is 0 Å². The zero-order chi connectivity index (χ0) is 18.8. The minimum absolute atomic E-state index is 0.00629. The predicted octanol–water partition coefficient (Wildman–Crippen LogP) is 2.06. The number of rotatable bonds is 5. The molecule has 4 heterocycles. The number of anilines is 2. The molecule has 3 aromatic rings. The lowest BCUT2D eigenvalue weighted by molar-refractivity contribution is -0.121. The lowest BCUT2D eigenvalue weighted by atomic mass is 10.0. The standard InChI is InChI=1S/C19H21N7O/c1-11(2)24-18-10-21-9-16(25-18)15-3-12-4-17(23-8-13(12)7-22-15)26-19(27)14-5-20-6-14/h3-4,7-11,14,20H,5-6H2,1-2H3,(H,24,25)(H,23,26,27). The number of fused-ring (bicyclic) bond motifs is 1. The minimum atomic E-state index is -0.00629. The molecular weight excluding hydrogens is 342 g/mol. The van der Waals surface area contributed by atoms with Crippen LogP contribution in [0.3, 0.4) is 0 Å². The van der Waals surface area contributed by atoms with Crippen molar-refractivity contribution in [3.8, 4) is 11.4 Å². The molecule has 4 rings (SSSR count). The first kappa shape index (κ1) is 17.3. The maximum atomic E-state index is 12.1. The summed E-state index contributed by atoms with van der Waals surface area (Å²) in [6, 6.07) is 4.05. The molecule has 8 nitrogen and oxygen atoms in total. The lowest BCUT2D eigenvalue weighted by Crippen LogP contribution is -2.48. The zero-order valence-corrected chi connectivity index (χ0v) is 15.2. The maximum Gasteiger partial charge on any atom is 0.231 e. The van der Waals surface area contributed by atoms with E-state index in [0.717, 1.165) is 10.8 Å². The molecule has 1 fully saturated rings. The summed E-state index contributed by atoms with van der Waals surface area (Å²) in [5, 5.41) is 11.0. The SMILES string of the molecule is CC(C)Nc1cncc(-c2cc3cc(NC(=O)C4CNC4)ncc3cn2)n1. The highest BCUT2D eigenvalue weighted by atomic mass is 16.2. The van der Waals surface area contributed by atoms with Gasteiger partial charge in [0.25, 0.3) is 0 Å². The summed E-state index contributed by atoms with van der Waals surface area (Å²) in [4.78, 5) is 29.7. The molecule has 0 unspecified atom stereocenters. The van der Waals surface area contributed by atoms with Gasteiger partial charge in [0.2, 0.25) is 5.91 Å². The second-order valence-electron chi connectivity index (χ2n) is 6.92. The van der Waals surface area contributed by atoms with Gasteiger partial charge in [-0.05, 0) is 31.4 Å². The summed E-state index contributed by atoms with van der Waals surface area (Å²) in [5.74, 6) is 1.26. The van der Waals surface area contributed by atoms with E-state index < -0.39 is 0 Å². The van der Waals surface area contributed by atoms with Crippen LogP contribution in [0.1, 0.15) is 13.8 Å². The van der Waals surface area contributed by atoms with E-state index in [-0.39, 0.29) is 17.9 Å². The van der Waals surface area contributed by atoms with E-state index in [0.29, 0.717) is 36.1 Å². The number of carbonyl (C=O) groups is 1. The van der Waals surface area contributed by atoms with Crippen molar-refractivity contribution in [2.75, 3.05) is 23.7 Å². The van der Waals surface area contributed by atoms with Crippen LogP contribution in [0, 0.1) is 5.92 Å². The lowest BCUT2D eigenvalue weighted by Gasteiger charge is -2.25. The molecule has 0 atom stereocenters. The second-order valence-corrected chi connectivity index (χ2v) is 6.92. The molecule has 138 valence electrons. The van der Waals surface area contributed by atoms with Gasteiger partial charge in [0, 0.05) is 36.9 Å². The largest absolute Gasteiger partial charge is 0.367 e. The van der Waals surface area contributed by atoms with Gasteiger partial charge in [0.15, 0.2) is 0 Å². The number of carbonyl (C=O) groups excluding carboxylic acids is 1. The first-order chi connectivity index (χ1) is 13.1. The van der Waals surface area contributed by atoms with E-state index in [9.17, 15) is 4.79 Å². The molecule has 0 spiro atoms. The molecule has 0 saturated carbocycles. The van der Waals surface area contributed by atoms with Gasteiger partial charge in [-0.15, -0.1) is 0 Å². The van der Waals surface area contributed by atoms with Crippen LogP contribution in [0.25, 0.3) is 22.2 Å². The van der Waals surface area contributed by atoms with Crippen LogP contribution in [0.5, 0.6) is 0 Å². The third-order valence-corrected chi connectivity index (χ3v) is 4.34. The van der Waals surface area contributed by atoms with Gasteiger partial charge in [-0.2, -0.15) is 0 Å². The van der Waals surface area contributed by atoms with Crippen LogP contribution in [0.2, 0.25) is 0 Å². The first-order valence-electron chi connectivity index (χ1n) is 8.95. The number of pyridine rings is 2. The highest BCUT2D eigenvalue weighted by molar-refractivity contribution is 5.95. The molecular formula is C19H21N7O. The molecule has 0 aromatic carbocycles. The van der Waals surface area contributed by atoms with Crippen molar-refractivity contribution in [2.45, 2.75) is 19.9 Å². The van der Waals surface area contributed by atoms with Crippen molar-refractivity contribution in [1.29, 1.82) is 0 Å². The van der Waals surface area contributed by atoms with Crippen molar-refractivity contribution in [1.82, 2.24) is 25.3 Å². The van der Waals surface area contributed by atoms with E-state index in [1.54, 1.807) is 24.8 Å². The molecule has 0 aliphatic carbocycles. The molecule has 0 bridgehead atoms. The molecule has 3 aromatic heterocycles. The maximum absolute atomic E-state index is 12.1. The van der Waals surface area contributed by atoms with Gasteiger partial charge < -0.3 is 16.0 Å². The fourth-order valence-electron chi connectivity index (χ4n) is 2.80. The van der Waals surface area contributed by atoms with E-state index in [2.05, 4.69) is 35.9 Å². The fraction of sp³-hybridized carbons (Fsp3) is 0.316. The van der Waals surface area contributed by atoms with Gasteiger partial charge in [-0.25, -0.2) is 9.97 Å². The molecule has 27 heavy (non-hydrogen) atoms. The molecule has 3 N–H and O–H groups in total. The number of aromatic nitrogens is 4. The normalized spacial score (nSPS) is 14.2. The summed E-state index contributed by atoms with van der Waals surface area (Å²) in [5.41, 5.74) is 1.40. The molecule has 1 saturated heterocycles. The highest BCUT2D eigenvalue weighted by Gasteiger charge is 2.25. The van der Waals surface area contributed by atoms with Crippen molar-refractivity contribution in [3.05, 3.63) is 36.9 Å². The number of hydrogen-bond acceptors (Lipinski definition) is 7. The predicted molar refractivity (Wildman–Crippen MR) is 104 cm³/mol. The molecule has 1 amide bonds. The van der Waals surface area contributed by atoms with Crippen molar-refractivity contribution < 1.29 is 4.79 Å². The van der Waals surface area contributed by atoms with Crippen LogP contribution in [0.15, 0.2) is 36.9 Å². The van der Waals surface area contributed by atoms with E-state index in [4.69, 9.17) is 0 Å². The molecule has 0 radical (unpaired) electrons. The number of hydrogen-bond donors (Lipinski definition) is 3. The Labute approximate surface area is 156 Å². The minimum Gasteiger partial charge on any atom is -0.367 e. The summed E-state index contributed by atoms with van der Waals surface area (Å²) in [7, 11) is 0. The van der Waals surface area contributed by atoms with Crippen molar-refractivity contribution in [3.63, 3.8) is 0 Å². The number of amides is 1. The van der Waals surface area contributed by atoms with Crippen LogP contribution in [-0.4, -0.2) is 45.0 Å². The fourth-order valence-corrected chi connectivity index (χ4v) is 2.80. The second kappa shape index (κ2) is 7.24. The summed E-state index contributed by atoms with van der Waals surface area (Å²) in [6.07, 6.45) is 6.84. The average Bonchev–Trinajstić information content (AvgIpc) is 2.59. The Bertz CT molecular complexity index is 985. The van der Waals surface area contributed by atoms with Crippen LogP contribution >= 0.6 is 0 Å². The quantitative estimate of drug-likeness (QED) is 0.637. The van der Waals surface area contributed by atoms with Gasteiger partial charge in [0.05, 0.1) is 24.0 Å². The van der Waals surface area contributed by atoms with Gasteiger partial charge in [-0.3, -0.25) is 14.8 Å². The third-order valence-electron chi connectivity index (χ3n) is 4.34. The Morgan fingerprint density at radius 3 is 2.59 bits per heavy atom. The first-order valence-corrected chi connectivity index (χ1v) is 8.95. The van der Waals surface area contributed by atoms with Gasteiger partial charge in [0.1, 0.15) is 17.3 Å². The van der Waals surface area contributed by atoms with E-state index in [1.165, 1.54) is 0 Å². The molecule has 1 aliphatic heterocycles. The molecule has 1 aliphatic rings. The Morgan fingerprint density at radius 2 is 1.85 bits per heavy atom. The van der Waals surface area contributed by atoms with Gasteiger partial charge in [-0.1, -0.05) is 0 Å². The van der Waals surface area contributed by atoms with Crippen LogP contribution < -0.4 is 16.0 Å². The van der Waals surface area contributed by atoms with Crippen molar-refractivity contribution in [2.24, 2.45) is 5.92 Å². The van der Waals surface area contributed by atoms with Crippen molar-refractivity contribution >= 4 is 28.3 Å². The molecule has 8 heteroatoms. The average molecular weight is 363 g/mol. The summed E-state index contributed by atoms with van der Waals surface area (Å²) < 4.78 is 0. The third kappa shape index (κ3) is 3.85. The summed E-state index contributed by atoms with van der Waals surface area (Å²) >= 11 is 0. The van der Waals surface area contributed by atoms with E-state index in [1.807, 2.05) is 26.0 Å². The smallest absolute Gasteiger partial charge is 0.231 e. The van der Waals surface area contributed by atoms with Crippen LogP contribution in [0.4, 0.5) is 11.6 Å². The zero-order valence-electron chi connectivity index (χ0n) is 15.2. The Kier molecular flexibility index (Phi) is 4.64. The highest BCUT2D eigenvalue weighted by Crippen LogP contribution is 2.23. The number of nitrogens with zero attached hydrogens (tertiary/aromatic N) is 4. The number of nitrogens with one attached hydrogen (secondary N) is 3. The topological polar surface area (TPSA) is 105 Å². The monoisotopic (exact) mass is 363 g/mol. The van der Waals surface area contributed by atoms with Crippen LogP contribution in [-0.2, 0) is 4.79 Å².